The molecule has 7 heteroatoms. The van der Waals surface area contributed by atoms with Gasteiger partial charge in [0.25, 0.3) is 0 Å². The molecule has 0 aliphatic carbocycles. The second-order valence-electron chi connectivity index (χ2n) is 6.66. The fraction of sp³-hybridized carbons (Fsp3) is 0.238. The molecule has 1 aromatic heterocycles. The summed E-state index contributed by atoms with van der Waals surface area (Å²) in [6, 6.07) is 10.4. The van der Waals surface area contributed by atoms with E-state index in [-0.39, 0.29) is 35.3 Å². The van der Waals surface area contributed by atoms with Gasteiger partial charge in [-0.15, -0.1) is 0 Å². The molecular formula is C21H20ClF2N3O. The molecule has 0 spiro atoms. The van der Waals surface area contributed by atoms with Crippen LogP contribution in [-0.4, -0.2) is 27.6 Å². The first kappa shape index (κ1) is 20.0. The van der Waals surface area contributed by atoms with Gasteiger partial charge in [-0.25, -0.2) is 13.5 Å². The molecule has 4 nitrogen and oxygen atoms in total. The van der Waals surface area contributed by atoms with Crippen LogP contribution in [0.1, 0.15) is 22.5 Å². The van der Waals surface area contributed by atoms with E-state index in [9.17, 15) is 13.6 Å². The summed E-state index contributed by atoms with van der Waals surface area (Å²) in [6.45, 7) is 3.76. The van der Waals surface area contributed by atoms with Crippen molar-refractivity contribution in [2.24, 2.45) is 0 Å². The largest absolute Gasteiger partial charge is 0.341 e. The zero-order valence-electron chi connectivity index (χ0n) is 15.8. The van der Waals surface area contributed by atoms with Crippen LogP contribution in [0.3, 0.4) is 0 Å². The van der Waals surface area contributed by atoms with E-state index in [4.69, 9.17) is 11.6 Å². The third-order valence-electron chi connectivity index (χ3n) is 4.72. The number of carbonyl (C=O) groups excluding carboxylic acids is 1. The van der Waals surface area contributed by atoms with Crippen molar-refractivity contribution in [3.05, 3.63) is 81.6 Å². The van der Waals surface area contributed by atoms with E-state index in [1.165, 1.54) is 29.2 Å². The lowest BCUT2D eigenvalue weighted by Crippen LogP contribution is -2.28. The van der Waals surface area contributed by atoms with Crippen LogP contribution >= 0.6 is 11.6 Å². The summed E-state index contributed by atoms with van der Waals surface area (Å²) in [7, 11) is 1.61. The van der Waals surface area contributed by atoms with Crippen molar-refractivity contribution < 1.29 is 13.6 Å². The third-order valence-corrected chi connectivity index (χ3v) is 5.08. The second-order valence-corrected chi connectivity index (χ2v) is 7.07. The lowest BCUT2D eigenvalue weighted by molar-refractivity contribution is -0.129. The molecule has 3 aromatic rings. The smallest absolute Gasteiger partial charge is 0.227 e. The minimum atomic E-state index is -0.441. The van der Waals surface area contributed by atoms with Gasteiger partial charge in [0.1, 0.15) is 11.6 Å². The number of likely N-dealkylation sites (N-methyl/N-ethyl adjacent to an activating group) is 1. The van der Waals surface area contributed by atoms with Crippen LogP contribution in [0.5, 0.6) is 0 Å². The maximum Gasteiger partial charge on any atom is 0.227 e. The Labute approximate surface area is 167 Å². The highest BCUT2D eigenvalue weighted by Gasteiger charge is 2.20. The Morgan fingerprint density at radius 1 is 1.11 bits per heavy atom. The lowest BCUT2D eigenvalue weighted by Gasteiger charge is -2.18. The third kappa shape index (κ3) is 4.07. The summed E-state index contributed by atoms with van der Waals surface area (Å²) in [5.74, 6) is -0.943. The van der Waals surface area contributed by atoms with E-state index in [0.29, 0.717) is 11.4 Å². The van der Waals surface area contributed by atoms with Crippen molar-refractivity contribution in [1.82, 2.24) is 14.7 Å². The first-order valence-corrected chi connectivity index (χ1v) is 9.13. The average Bonchev–Trinajstić information content (AvgIpc) is 2.93. The van der Waals surface area contributed by atoms with Crippen molar-refractivity contribution in [3.8, 4) is 5.69 Å². The molecule has 0 fully saturated rings. The number of benzene rings is 2. The zero-order chi connectivity index (χ0) is 20.4. The second kappa shape index (κ2) is 8.10. The molecule has 1 heterocycles. The monoisotopic (exact) mass is 403 g/mol. The summed E-state index contributed by atoms with van der Waals surface area (Å²) >= 11 is 6.05. The van der Waals surface area contributed by atoms with E-state index < -0.39 is 5.82 Å². The number of aromatic nitrogens is 2. The first-order chi connectivity index (χ1) is 13.3. The first-order valence-electron chi connectivity index (χ1n) is 8.75. The van der Waals surface area contributed by atoms with Crippen molar-refractivity contribution in [3.63, 3.8) is 0 Å². The van der Waals surface area contributed by atoms with Crippen molar-refractivity contribution in [2.75, 3.05) is 7.05 Å². The Morgan fingerprint density at radius 2 is 1.79 bits per heavy atom. The number of hydrogen-bond acceptors (Lipinski definition) is 2. The number of carbonyl (C=O) groups is 1. The molecule has 2 aromatic carbocycles. The van der Waals surface area contributed by atoms with Crippen molar-refractivity contribution >= 4 is 17.5 Å². The van der Waals surface area contributed by atoms with Gasteiger partial charge in [0.05, 0.1) is 17.8 Å². The summed E-state index contributed by atoms with van der Waals surface area (Å²) in [5, 5.41) is 4.77. The molecule has 0 N–H and O–H groups in total. The van der Waals surface area contributed by atoms with Gasteiger partial charge in [0.15, 0.2) is 0 Å². The van der Waals surface area contributed by atoms with Gasteiger partial charge in [-0.05, 0) is 50.2 Å². The van der Waals surface area contributed by atoms with Crippen LogP contribution in [0, 0.1) is 25.5 Å². The van der Waals surface area contributed by atoms with Crippen molar-refractivity contribution in [2.45, 2.75) is 26.8 Å². The normalized spacial score (nSPS) is 10.9. The van der Waals surface area contributed by atoms with Crippen LogP contribution in [0.4, 0.5) is 8.78 Å². The van der Waals surface area contributed by atoms with E-state index in [2.05, 4.69) is 5.10 Å². The molecule has 3 rings (SSSR count). The zero-order valence-corrected chi connectivity index (χ0v) is 16.6. The van der Waals surface area contributed by atoms with E-state index in [0.717, 1.165) is 11.3 Å². The van der Waals surface area contributed by atoms with Gasteiger partial charge in [-0.1, -0.05) is 17.7 Å². The van der Waals surface area contributed by atoms with Gasteiger partial charge < -0.3 is 4.90 Å². The molecule has 0 aliphatic rings. The van der Waals surface area contributed by atoms with Crippen LogP contribution in [0.15, 0.2) is 42.5 Å². The summed E-state index contributed by atoms with van der Waals surface area (Å²) in [4.78, 5) is 14.2. The van der Waals surface area contributed by atoms with Gasteiger partial charge in [-0.2, -0.15) is 5.10 Å². The molecule has 0 saturated heterocycles. The van der Waals surface area contributed by atoms with Crippen LogP contribution in [-0.2, 0) is 17.8 Å². The SMILES string of the molecule is Cc1nn(-c2ccc(F)cc2)c(C)c1CC(=O)N(C)Cc1c(F)cccc1Cl. The lowest BCUT2D eigenvalue weighted by atomic mass is 10.1. The highest BCUT2D eigenvalue weighted by atomic mass is 35.5. The molecule has 0 aliphatic heterocycles. The van der Waals surface area contributed by atoms with Gasteiger partial charge in [0, 0.05) is 35.4 Å². The minimum Gasteiger partial charge on any atom is -0.341 e. The molecule has 146 valence electrons. The maximum absolute atomic E-state index is 14.0. The molecule has 0 radical (unpaired) electrons. The molecule has 0 unspecified atom stereocenters. The molecule has 0 atom stereocenters. The predicted octanol–water partition coefficient (Wildman–Crippen LogP) is 4.62. The fourth-order valence-corrected chi connectivity index (χ4v) is 3.28. The molecule has 0 bridgehead atoms. The average molecular weight is 404 g/mol. The molecule has 0 saturated carbocycles. The van der Waals surface area contributed by atoms with Gasteiger partial charge >= 0.3 is 0 Å². The highest BCUT2D eigenvalue weighted by molar-refractivity contribution is 6.31. The fourth-order valence-electron chi connectivity index (χ4n) is 3.06. The number of amides is 1. The highest BCUT2D eigenvalue weighted by Crippen LogP contribution is 2.22. The van der Waals surface area contributed by atoms with Gasteiger partial charge in [-0.3, -0.25) is 4.79 Å². The Balaban J connectivity index is 1.79. The number of hydrogen-bond donors (Lipinski definition) is 0. The minimum absolute atomic E-state index is 0.0779. The summed E-state index contributed by atoms with van der Waals surface area (Å²) in [5.41, 5.74) is 3.31. The standard InChI is InChI=1S/C21H20ClF2N3O/c1-13-17(14(2)27(25-13)16-9-7-15(23)8-10-16)11-21(28)26(3)12-18-19(22)5-4-6-20(18)24/h4-10H,11-12H2,1-3H3. The Bertz CT molecular complexity index is 995. The van der Waals surface area contributed by atoms with Crippen LogP contribution < -0.4 is 0 Å². The van der Waals surface area contributed by atoms with E-state index in [1.807, 2.05) is 13.8 Å². The quantitative estimate of drug-likeness (QED) is 0.623. The van der Waals surface area contributed by atoms with Crippen molar-refractivity contribution in [1.29, 1.82) is 0 Å². The maximum atomic E-state index is 14.0. The van der Waals surface area contributed by atoms with E-state index >= 15 is 0 Å². The topological polar surface area (TPSA) is 38.1 Å². The summed E-state index contributed by atoms with van der Waals surface area (Å²) < 4.78 is 28.8. The Morgan fingerprint density at radius 3 is 2.43 bits per heavy atom. The Kier molecular flexibility index (Phi) is 5.79. The molecular weight excluding hydrogens is 384 g/mol. The number of aryl methyl sites for hydroxylation is 1. The number of nitrogens with zero attached hydrogens (tertiary/aromatic N) is 3. The number of halogens is 3. The molecule has 28 heavy (non-hydrogen) atoms. The van der Waals surface area contributed by atoms with Gasteiger partial charge in [0.2, 0.25) is 5.91 Å². The van der Waals surface area contributed by atoms with Crippen LogP contribution in [0.25, 0.3) is 5.69 Å². The molecule has 1 amide bonds. The Hall–Kier alpha value is -2.73. The summed E-state index contributed by atoms with van der Waals surface area (Å²) in [6.07, 6.45) is 0.126. The number of rotatable bonds is 5. The van der Waals surface area contributed by atoms with Crippen LogP contribution in [0.2, 0.25) is 5.02 Å². The van der Waals surface area contributed by atoms with E-state index in [1.54, 1.807) is 29.9 Å². The predicted molar refractivity (Wildman–Crippen MR) is 105 cm³/mol.